The third-order valence-corrected chi connectivity index (χ3v) is 3.86. The fraction of sp³-hybridized carbons (Fsp3) is 0.250. The van der Waals surface area contributed by atoms with E-state index in [2.05, 4.69) is 6.92 Å². The fourth-order valence-corrected chi connectivity index (χ4v) is 2.80. The average Bonchev–Trinajstić information content (AvgIpc) is 2.68. The maximum Gasteiger partial charge on any atom is 0.115 e. The Hall–Kier alpha value is -1.80. The van der Waals surface area contributed by atoms with Gasteiger partial charge in [-0.1, -0.05) is 35.9 Å². The van der Waals surface area contributed by atoms with E-state index in [-0.39, 0.29) is 0 Å². The Labute approximate surface area is 107 Å². The molecular formula is C16H17NO. The number of aliphatic hydroxyl groups is 1. The van der Waals surface area contributed by atoms with Crippen molar-refractivity contribution in [1.82, 2.24) is 0 Å². The number of benzene rings is 2. The molecule has 0 fully saturated rings. The number of nitrogen functional groups attached to an aromatic ring is 1. The highest BCUT2D eigenvalue weighted by Crippen LogP contribution is 2.42. The van der Waals surface area contributed by atoms with Crippen LogP contribution in [0.1, 0.15) is 28.7 Å². The summed E-state index contributed by atoms with van der Waals surface area (Å²) in [6.45, 7) is 2.05. The Bertz CT molecular complexity index is 589. The first kappa shape index (κ1) is 11.3. The molecular weight excluding hydrogens is 222 g/mol. The maximum absolute atomic E-state index is 11.0. The number of rotatable bonds is 1. The summed E-state index contributed by atoms with van der Waals surface area (Å²) < 4.78 is 0. The van der Waals surface area contributed by atoms with Gasteiger partial charge in [-0.2, -0.15) is 0 Å². The van der Waals surface area contributed by atoms with Crippen LogP contribution in [0.25, 0.3) is 0 Å². The first-order valence-corrected chi connectivity index (χ1v) is 6.28. The van der Waals surface area contributed by atoms with Gasteiger partial charge in [0.2, 0.25) is 0 Å². The smallest absolute Gasteiger partial charge is 0.115 e. The lowest BCUT2D eigenvalue weighted by Gasteiger charge is -2.25. The van der Waals surface area contributed by atoms with Crippen molar-refractivity contribution in [1.29, 1.82) is 0 Å². The summed E-state index contributed by atoms with van der Waals surface area (Å²) in [4.78, 5) is 0. The molecule has 3 rings (SSSR count). The molecule has 0 bridgehead atoms. The van der Waals surface area contributed by atoms with Crippen molar-refractivity contribution >= 4 is 5.69 Å². The number of anilines is 1. The molecule has 3 N–H and O–H groups in total. The molecule has 2 aromatic rings. The molecule has 18 heavy (non-hydrogen) atoms. The molecule has 2 aromatic carbocycles. The summed E-state index contributed by atoms with van der Waals surface area (Å²) in [5.41, 5.74) is 10.1. The summed E-state index contributed by atoms with van der Waals surface area (Å²) in [6.07, 6.45) is 1.61. The number of hydrogen-bond acceptors (Lipinski definition) is 2. The van der Waals surface area contributed by atoms with Crippen LogP contribution in [0.2, 0.25) is 0 Å². The molecule has 0 spiro atoms. The summed E-state index contributed by atoms with van der Waals surface area (Å²) in [5.74, 6) is 0. The van der Waals surface area contributed by atoms with Crippen LogP contribution in [0.5, 0.6) is 0 Å². The van der Waals surface area contributed by atoms with Gasteiger partial charge in [0, 0.05) is 5.69 Å². The zero-order valence-electron chi connectivity index (χ0n) is 10.5. The van der Waals surface area contributed by atoms with E-state index in [4.69, 9.17) is 5.73 Å². The second kappa shape index (κ2) is 3.85. The lowest BCUT2D eigenvalue weighted by molar-refractivity contribution is 0.0829. The van der Waals surface area contributed by atoms with Gasteiger partial charge < -0.3 is 10.8 Å². The normalized spacial score (nSPS) is 21.9. The van der Waals surface area contributed by atoms with E-state index in [1.807, 2.05) is 42.5 Å². The molecule has 2 heteroatoms. The predicted molar refractivity (Wildman–Crippen MR) is 73.4 cm³/mol. The molecule has 0 amide bonds. The molecule has 0 heterocycles. The van der Waals surface area contributed by atoms with Gasteiger partial charge in [-0.3, -0.25) is 0 Å². The van der Waals surface area contributed by atoms with E-state index in [1.165, 1.54) is 5.56 Å². The van der Waals surface area contributed by atoms with Crippen LogP contribution in [-0.4, -0.2) is 5.11 Å². The van der Waals surface area contributed by atoms with Crippen molar-refractivity contribution in [2.75, 3.05) is 5.73 Å². The molecule has 0 radical (unpaired) electrons. The highest BCUT2D eigenvalue weighted by Gasteiger charge is 2.38. The van der Waals surface area contributed by atoms with E-state index in [9.17, 15) is 5.11 Å². The predicted octanol–water partition coefficient (Wildman–Crippen LogP) is 2.76. The van der Waals surface area contributed by atoms with Crippen molar-refractivity contribution in [3.05, 3.63) is 64.7 Å². The molecule has 1 aliphatic carbocycles. The van der Waals surface area contributed by atoms with Crippen molar-refractivity contribution in [3.63, 3.8) is 0 Å². The molecule has 1 unspecified atom stereocenters. The van der Waals surface area contributed by atoms with Gasteiger partial charge >= 0.3 is 0 Å². The van der Waals surface area contributed by atoms with Crippen LogP contribution >= 0.6 is 0 Å². The third kappa shape index (κ3) is 1.61. The molecule has 1 atom stereocenters. The second-order valence-corrected chi connectivity index (χ2v) is 5.14. The minimum atomic E-state index is -0.850. The lowest BCUT2D eigenvalue weighted by Crippen LogP contribution is -2.23. The zero-order valence-corrected chi connectivity index (χ0v) is 10.5. The van der Waals surface area contributed by atoms with Crippen LogP contribution in [0.4, 0.5) is 5.69 Å². The second-order valence-electron chi connectivity index (χ2n) is 5.14. The van der Waals surface area contributed by atoms with Gasteiger partial charge in [-0.15, -0.1) is 0 Å². The van der Waals surface area contributed by atoms with Crippen molar-refractivity contribution < 1.29 is 5.11 Å². The number of aryl methyl sites for hydroxylation is 2. The third-order valence-electron chi connectivity index (χ3n) is 3.86. The standard InChI is InChI=1S/C16H17NO/c1-11-2-4-13(5-3-11)16(18)9-8-12-10-14(17)6-7-15(12)16/h2-7,10,18H,8-9,17H2,1H3. The molecule has 0 aromatic heterocycles. The first-order valence-electron chi connectivity index (χ1n) is 6.28. The van der Waals surface area contributed by atoms with Gasteiger partial charge in [0.25, 0.3) is 0 Å². The van der Waals surface area contributed by atoms with Crippen LogP contribution < -0.4 is 5.73 Å². The number of hydrogen-bond donors (Lipinski definition) is 2. The highest BCUT2D eigenvalue weighted by molar-refractivity contribution is 5.52. The molecule has 1 aliphatic rings. The van der Waals surface area contributed by atoms with Crippen LogP contribution in [0, 0.1) is 6.92 Å². The molecule has 0 aliphatic heterocycles. The summed E-state index contributed by atoms with van der Waals surface area (Å²) in [5, 5.41) is 11.0. The van der Waals surface area contributed by atoms with E-state index in [1.54, 1.807) is 0 Å². The summed E-state index contributed by atoms with van der Waals surface area (Å²) >= 11 is 0. The topological polar surface area (TPSA) is 46.2 Å². The fourth-order valence-electron chi connectivity index (χ4n) is 2.80. The monoisotopic (exact) mass is 239 g/mol. The minimum absolute atomic E-state index is 0.731. The quantitative estimate of drug-likeness (QED) is 0.752. The molecule has 92 valence electrons. The number of fused-ring (bicyclic) bond motifs is 1. The van der Waals surface area contributed by atoms with E-state index >= 15 is 0 Å². The Morgan fingerprint density at radius 2 is 1.83 bits per heavy atom. The van der Waals surface area contributed by atoms with Crippen LogP contribution in [0.15, 0.2) is 42.5 Å². The number of nitrogens with two attached hydrogens (primary N) is 1. The molecule has 2 nitrogen and oxygen atoms in total. The Balaban J connectivity index is 2.11. The van der Waals surface area contributed by atoms with Crippen molar-refractivity contribution in [2.24, 2.45) is 0 Å². The van der Waals surface area contributed by atoms with Gasteiger partial charge in [0.15, 0.2) is 0 Å². The Morgan fingerprint density at radius 3 is 2.56 bits per heavy atom. The molecule has 0 saturated carbocycles. The summed E-state index contributed by atoms with van der Waals surface area (Å²) in [6, 6.07) is 13.9. The lowest BCUT2D eigenvalue weighted by atomic mass is 9.87. The molecule has 0 saturated heterocycles. The Kier molecular flexibility index (Phi) is 2.42. The highest BCUT2D eigenvalue weighted by atomic mass is 16.3. The van der Waals surface area contributed by atoms with Gasteiger partial charge in [-0.05, 0) is 48.6 Å². The van der Waals surface area contributed by atoms with Gasteiger partial charge in [0.1, 0.15) is 5.60 Å². The summed E-state index contributed by atoms with van der Waals surface area (Å²) in [7, 11) is 0. The van der Waals surface area contributed by atoms with E-state index in [0.717, 1.165) is 35.2 Å². The largest absolute Gasteiger partial charge is 0.399 e. The Morgan fingerprint density at radius 1 is 1.11 bits per heavy atom. The van der Waals surface area contributed by atoms with E-state index in [0.29, 0.717) is 0 Å². The van der Waals surface area contributed by atoms with Crippen molar-refractivity contribution in [2.45, 2.75) is 25.4 Å². The first-order chi connectivity index (χ1) is 8.59. The maximum atomic E-state index is 11.0. The van der Waals surface area contributed by atoms with Crippen LogP contribution in [0.3, 0.4) is 0 Å². The SMILES string of the molecule is Cc1ccc(C2(O)CCc3cc(N)ccc32)cc1. The van der Waals surface area contributed by atoms with Crippen molar-refractivity contribution in [3.8, 4) is 0 Å². The van der Waals surface area contributed by atoms with Gasteiger partial charge in [-0.25, -0.2) is 0 Å². The average molecular weight is 239 g/mol. The van der Waals surface area contributed by atoms with Gasteiger partial charge in [0.05, 0.1) is 0 Å². The van der Waals surface area contributed by atoms with Crippen LogP contribution in [-0.2, 0) is 12.0 Å². The van der Waals surface area contributed by atoms with E-state index < -0.39 is 5.60 Å². The zero-order chi connectivity index (χ0) is 12.8. The minimum Gasteiger partial charge on any atom is -0.399 e.